The van der Waals surface area contributed by atoms with Crippen LogP contribution < -0.4 is 11.1 Å². The number of primary amides is 1. The van der Waals surface area contributed by atoms with Crippen LogP contribution in [0.25, 0.3) is 0 Å². The number of hydrogen-bond acceptors (Lipinski definition) is 4. The topological polar surface area (TPSA) is 95.6 Å². The molecule has 0 heterocycles. The molecule has 0 radical (unpaired) electrons. The number of hydrogen-bond donors (Lipinski definition) is 4. The Kier molecular flexibility index (Phi) is 4.32. The lowest BCUT2D eigenvalue weighted by atomic mass is 10.0. The summed E-state index contributed by atoms with van der Waals surface area (Å²) in [6.07, 6.45) is -0.761. The smallest absolute Gasteiger partial charge is 0.252 e. The molecule has 0 aromatic heterocycles. The number of β-amino-alcohol motifs (C(OH)–C–C–N with tert-alkyl or cyclic N) is 1. The second kappa shape index (κ2) is 5.37. The highest BCUT2D eigenvalue weighted by molar-refractivity contribution is 5.95. The van der Waals surface area contributed by atoms with Gasteiger partial charge in [0.05, 0.1) is 11.7 Å². The molecule has 1 rings (SSSR count). The van der Waals surface area contributed by atoms with Crippen molar-refractivity contribution in [3.05, 3.63) is 29.3 Å². The highest BCUT2D eigenvalue weighted by atomic mass is 16.3. The third-order valence-electron chi connectivity index (χ3n) is 2.50. The Morgan fingerprint density at radius 2 is 2.06 bits per heavy atom. The Bertz CT molecular complexity index is 438. The molecule has 100 valence electrons. The third-order valence-corrected chi connectivity index (χ3v) is 2.50. The van der Waals surface area contributed by atoms with Crippen LogP contribution in [0, 0.1) is 0 Å². The Labute approximate surface area is 107 Å². The van der Waals surface area contributed by atoms with E-state index in [0.29, 0.717) is 12.1 Å². The molecule has 1 amide bonds. The zero-order chi connectivity index (χ0) is 13.9. The van der Waals surface area contributed by atoms with Gasteiger partial charge in [-0.3, -0.25) is 4.79 Å². The molecule has 0 aliphatic carbocycles. The van der Waals surface area contributed by atoms with E-state index in [0.717, 1.165) is 0 Å². The Morgan fingerprint density at radius 3 is 2.56 bits per heavy atom. The van der Waals surface area contributed by atoms with Gasteiger partial charge in [-0.2, -0.15) is 0 Å². The number of nitrogens with two attached hydrogens (primary N) is 1. The van der Waals surface area contributed by atoms with E-state index in [1.54, 1.807) is 6.07 Å². The quantitative estimate of drug-likeness (QED) is 0.640. The third kappa shape index (κ3) is 4.01. The van der Waals surface area contributed by atoms with Gasteiger partial charge in [-0.25, -0.2) is 0 Å². The van der Waals surface area contributed by atoms with E-state index in [2.05, 4.69) is 5.32 Å². The first-order chi connectivity index (χ1) is 8.20. The molecule has 1 atom stereocenters. The fourth-order valence-electron chi connectivity index (χ4n) is 1.48. The maximum absolute atomic E-state index is 11.1. The SMILES string of the molecule is CC(C)(C)NC[C@H](O)c1ccc(O)c(C(N)=O)c1. The summed E-state index contributed by atoms with van der Waals surface area (Å²) in [5.41, 5.74) is 5.58. The number of phenols is 1. The summed E-state index contributed by atoms with van der Waals surface area (Å²) in [4.78, 5) is 11.1. The van der Waals surface area contributed by atoms with Gasteiger partial charge in [0, 0.05) is 12.1 Å². The number of rotatable bonds is 4. The molecule has 0 fully saturated rings. The van der Waals surface area contributed by atoms with Crippen LogP contribution in [0.5, 0.6) is 5.75 Å². The van der Waals surface area contributed by atoms with Crippen LogP contribution in [-0.2, 0) is 0 Å². The monoisotopic (exact) mass is 252 g/mol. The van der Waals surface area contributed by atoms with Crippen LogP contribution in [0.1, 0.15) is 42.8 Å². The minimum Gasteiger partial charge on any atom is -0.507 e. The summed E-state index contributed by atoms with van der Waals surface area (Å²) < 4.78 is 0. The number of benzene rings is 1. The molecule has 5 nitrogen and oxygen atoms in total. The van der Waals surface area contributed by atoms with Crippen molar-refractivity contribution in [1.82, 2.24) is 5.32 Å². The number of carbonyl (C=O) groups excluding carboxylic acids is 1. The van der Waals surface area contributed by atoms with Gasteiger partial charge in [0.2, 0.25) is 0 Å². The van der Waals surface area contributed by atoms with Crippen molar-refractivity contribution in [2.45, 2.75) is 32.4 Å². The Hall–Kier alpha value is -1.59. The predicted molar refractivity (Wildman–Crippen MR) is 69.3 cm³/mol. The largest absolute Gasteiger partial charge is 0.507 e. The first-order valence-corrected chi connectivity index (χ1v) is 5.76. The Morgan fingerprint density at radius 1 is 1.44 bits per heavy atom. The first-order valence-electron chi connectivity index (χ1n) is 5.76. The molecule has 0 saturated heterocycles. The van der Waals surface area contributed by atoms with Crippen molar-refractivity contribution < 1.29 is 15.0 Å². The number of carbonyl (C=O) groups is 1. The van der Waals surface area contributed by atoms with Crippen molar-refractivity contribution in [2.75, 3.05) is 6.54 Å². The van der Waals surface area contributed by atoms with Gasteiger partial charge >= 0.3 is 0 Å². The molecule has 0 saturated carbocycles. The highest BCUT2D eigenvalue weighted by Gasteiger charge is 2.16. The van der Waals surface area contributed by atoms with Crippen molar-refractivity contribution in [3.63, 3.8) is 0 Å². The minimum absolute atomic E-state index is 0.0160. The van der Waals surface area contributed by atoms with Crippen LogP contribution in [0.3, 0.4) is 0 Å². The van der Waals surface area contributed by atoms with Crippen LogP contribution in [0.2, 0.25) is 0 Å². The summed E-state index contributed by atoms with van der Waals surface area (Å²) in [6, 6.07) is 4.33. The summed E-state index contributed by atoms with van der Waals surface area (Å²) in [5, 5.41) is 22.6. The molecule has 0 spiro atoms. The molecule has 1 aromatic carbocycles. The van der Waals surface area contributed by atoms with Crippen LogP contribution in [0.15, 0.2) is 18.2 Å². The van der Waals surface area contributed by atoms with E-state index < -0.39 is 12.0 Å². The average Bonchev–Trinajstić information content (AvgIpc) is 2.25. The van der Waals surface area contributed by atoms with Gasteiger partial charge < -0.3 is 21.3 Å². The molecule has 0 aliphatic heterocycles. The van der Waals surface area contributed by atoms with Gasteiger partial charge in [-0.15, -0.1) is 0 Å². The van der Waals surface area contributed by atoms with E-state index in [1.165, 1.54) is 12.1 Å². The second-order valence-corrected chi connectivity index (χ2v) is 5.29. The van der Waals surface area contributed by atoms with Gasteiger partial charge in [-0.1, -0.05) is 6.07 Å². The minimum atomic E-state index is -0.761. The molecule has 1 aromatic rings. The van der Waals surface area contributed by atoms with E-state index in [4.69, 9.17) is 5.73 Å². The maximum Gasteiger partial charge on any atom is 0.252 e. The number of nitrogens with one attached hydrogen (secondary N) is 1. The number of amides is 1. The van der Waals surface area contributed by atoms with Crippen LogP contribution in [-0.4, -0.2) is 28.2 Å². The highest BCUT2D eigenvalue weighted by Crippen LogP contribution is 2.22. The fraction of sp³-hybridized carbons (Fsp3) is 0.462. The van der Waals surface area contributed by atoms with Gasteiger partial charge in [0.1, 0.15) is 5.75 Å². The summed E-state index contributed by atoms with van der Waals surface area (Å²) in [7, 11) is 0. The van der Waals surface area contributed by atoms with Crippen molar-refractivity contribution in [2.24, 2.45) is 5.73 Å². The first kappa shape index (κ1) is 14.5. The lowest BCUT2D eigenvalue weighted by molar-refractivity contribution is 0.0997. The zero-order valence-electron chi connectivity index (χ0n) is 10.9. The summed E-state index contributed by atoms with van der Waals surface area (Å²) in [5.74, 6) is -0.896. The molecule has 5 N–H and O–H groups in total. The normalized spacial score (nSPS) is 13.3. The van der Waals surface area contributed by atoms with Crippen molar-refractivity contribution in [1.29, 1.82) is 0 Å². The summed E-state index contributed by atoms with van der Waals surface area (Å²) >= 11 is 0. The van der Waals surface area contributed by atoms with Gasteiger partial charge in [-0.05, 0) is 38.5 Å². The second-order valence-electron chi connectivity index (χ2n) is 5.29. The van der Waals surface area contributed by atoms with Gasteiger partial charge in [0.15, 0.2) is 0 Å². The van der Waals surface area contributed by atoms with E-state index in [1.807, 2.05) is 20.8 Å². The van der Waals surface area contributed by atoms with Crippen LogP contribution in [0.4, 0.5) is 0 Å². The fourth-order valence-corrected chi connectivity index (χ4v) is 1.48. The van der Waals surface area contributed by atoms with Crippen molar-refractivity contribution in [3.8, 4) is 5.75 Å². The van der Waals surface area contributed by atoms with E-state index in [-0.39, 0.29) is 16.9 Å². The molecule has 5 heteroatoms. The lowest BCUT2D eigenvalue weighted by Crippen LogP contribution is -2.38. The lowest BCUT2D eigenvalue weighted by Gasteiger charge is -2.23. The van der Waals surface area contributed by atoms with E-state index in [9.17, 15) is 15.0 Å². The zero-order valence-corrected chi connectivity index (χ0v) is 10.9. The van der Waals surface area contributed by atoms with Crippen LogP contribution >= 0.6 is 0 Å². The predicted octanol–water partition coefficient (Wildman–Crippen LogP) is 0.913. The number of aliphatic hydroxyl groups excluding tert-OH is 1. The molecular formula is C13H20N2O3. The molecule has 18 heavy (non-hydrogen) atoms. The summed E-state index contributed by atoms with van der Waals surface area (Å²) in [6.45, 7) is 6.33. The average molecular weight is 252 g/mol. The maximum atomic E-state index is 11.1. The van der Waals surface area contributed by atoms with E-state index >= 15 is 0 Å². The molecular weight excluding hydrogens is 232 g/mol. The molecule has 0 unspecified atom stereocenters. The van der Waals surface area contributed by atoms with Crippen molar-refractivity contribution >= 4 is 5.91 Å². The number of aliphatic hydroxyl groups is 1. The van der Waals surface area contributed by atoms with Gasteiger partial charge in [0.25, 0.3) is 5.91 Å². The molecule has 0 aliphatic rings. The molecule has 0 bridgehead atoms. The Balaban J connectivity index is 2.83. The standard InChI is InChI=1S/C13H20N2O3/c1-13(2,3)15-7-11(17)8-4-5-10(16)9(6-8)12(14)18/h4-6,11,15-17H,7H2,1-3H3,(H2,14,18)/t11-/m0/s1. The number of aromatic hydroxyl groups is 1.